The van der Waals surface area contributed by atoms with Crippen LogP contribution in [0.15, 0.2) is 69.9 Å². The van der Waals surface area contributed by atoms with Gasteiger partial charge in [0, 0.05) is 40.2 Å². The average molecular weight is 445 g/mol. The summed E-state index contributed by atoms with van der Waals surface area (Å²) >= 11 is 0. The number of para-hydroxylation sites is 1. The molecule has 33 heavy (non-hydrogen) atoms. The van der Waals surface area contributed by atoms with E-state index >= 15 is 0 Å². The number of Topliss-reactive ketones (excluding diaryl/α,β-unsaturated/α-hetero) is 1. The van der Waals surface area contributed by atoms with Gasteiger partial charge in [-0.05, 0) is 56.7 Å². The Balaban J connectivity index is 1.37. The lowest BCUT2D eigenvalue weighted by atomic mass is 10.1. The number of ketones is 1. The first kappa shape index (κ1) is 22.1. The van der Waals surface area contributed by atoms with Gasteiger partial charge >= 0.3 is 11.6 Å². The molecule has 2 aromatic carbocycles. The van der Waals surface area contributed by atoms with Gasteiger partial charge in [0.1, 0.15) is 11.3 Å². The van der Waals surface area contributed by atoms with E-state index in [4.69, 9.17) is 13.9 Å². The van der Waals surface area contributed by atoms with Crippen molar-refractivity contribution in [1.29, 1.82) is 0 Å². The van der Waals surface area contributed by atoms with E-state index in [2.05, 4.69) is 0 Å². The molecule has 2 heterocycles. The maximum Gasteiger partial charge on any atom is 0.344 e. The lowest BCUT2D eigenvalue weighted by Gasteiger charge is -2.10. The van der Waals surface area contributed by atoms with Crippen LogP contribution in [0, 0.1) is 20.8 Å². The monoisotopic (exact) mass is 445 g/mol. The van der Waals surface area contributed by atoms with E-state index < -0.39 is 11.6 Å². The highest BCUT2D eigenvalue weighted by molar-refractivity contribution is 5.99. The fourth-order valence-electron chi connectivity index (χ4n) is 3.82. The van der Waals surface area contributed by atoms with Crippen LogP contribution < -0.4 is 10.4 Å². The summed E-state index contributed by atoms with van der Waals surface area (Å²) in [6.45, 7) is 4.83. The molecule has 0 unspecified atom stereocenters. The number of carbonyl (C=O) groups excluding carboxylic acids is 2. The molecule has 0 atom stereocenters. The number of rotatable bonds is 7. The molecule has 0 bridgehead atoms. The van der Waals surface area contributed by atoms with Gasteiger partial charge < -0.3 is 18.5 Å². The Morgan fingerprint density at radius 1 is 0.939 bits per heavy atom. The van der Waals surface area contributed by atoms with Gasteiger partial charge in [-0.3, -0.25) is 4.79 Å². The second kappa shape index (κ2) is 9.16. The van der Waals surface area contributed by atoms with Crippen LogP contribution in [0.4, 0.5) is 0 Å². The summed E-state index contributed by atoms with van der Waals surface area (Å²) in [5, 5.41) is 0.781. The topological polar surface area (TPSA) is 87.7 Å². The first-order valence-electron chi connectivity index (χ1n) is 10.4. The van der Waals surface area contributed by atoms with Crippen molar-refractivity contribution in [2.75, 3.05) is 13.2 Å². The number of hydrogen-bond acceptors (Lipinski definition) is 6. The van der Waals surface area contributed by atoms with Gasteiger partial charge in [-0.2, -0.15) is 0 Å². The van der Waals surface area contributed by atoms with E-state index in [0.29, 0.717) is 16.9 Å². The largest absolute Gasteiger partial charge is 0.482 e. The third-order valence-electron chi connectivity index (χ3n) is 5.39. The van der Waals surface area contributed by atoms with E-state index in [1.807, 2.05) is 55.7 Å². The Hall–Kier alpha value is -4.13. The van der Waals surface area contributed by atoms with Gasteiger partial charge in [-0.25, -0.2) is 9.59 Å². The fraction of sp³-hybridized carbons (Fsp3) is 0.192. The van der Waals surface area contributed by atoms with Crippen LogP contribution in [0.3, 0.4) is 0 Å². The average Bonchev–Trinajstić information content (AvgIpc) is 3.10. The van der Waals surface area contributed by atoms with Crippen molar-refractivity contribution >= 4 is 22.7 Å². The summed E-state index contributed by atoms with van der Waals surface area (Å²) in [5.74, 6) is -0.612. The van der Waals surface area contributed by atoms with Crippen molar-refractivity contribution in [2.24, 2.45) is 0 Å². The molecule has 0 radical (unpaired) electrons. The Morgan fingerprint density at radius 3 is 2.45 bits per heavy atom. The third kappa shape index (κ3) is 4.72. The molecule has 0 aliphatic heterocycles. The van der Waals surface area contributed by atoms with E-state index in [1.165, 1.54) is 6.07 Å². The van der Waals surface area contributed by atoms with Crippen LogP contribution in [0.5, 0.6) is 5.75 Å². The van der Waals surface area contributed by atoms with Crippen LogP contribution >= 0.6 is 0 Å². The molecule has 0 aliphatic carbocycles. The lowest BCUT2D eigenvalue weighted by Crippen LogP contribution is -2.19. The maximum absolute atomic E-state index is 12.7. The standard InChI is InChI=1S/C26H23NO6/c1-16-11-25(29)33-24-13-20(9-10-21(16)24)31-15-26(30)32-14-23(28)22-12-17(2)27(18(22)3)19-7-5-4-6-8-19/h4-13H,14-15H2,1-3H3. The first-order valence-corrected chi connectivity index (χ1v) is 10.4. The third-order valence-corrected chi connectivity index (χ3v) is 5.39. The number of nitrogens with zero attached hydrogens (tertiary/aromatic N) is 1. The molecule has 4 aromatic rings. The van der Waals surface area contributed by atoms with Crippen molar-refractivity contribution in [2.45, 2.75) is 20.8 Å². The van der Waals surface area contributed by atoms with E-state index in [9.17, 15) is 14.4 Å². The number of ether oxygens (including phenoxy) is 2. The Labute approximate surface area is 190 Å². The highest BCUT2D eigenvalue weighted by Crippen LogP contribution is 2.23. The number of fused-ring (bicyclic) bond motifs is 1. The molecule has 0 N–H and O–H groups in total. The number of carbonyl (C=O) groups is 2. The molecule has 4 rings (SSSR count). The summed E-state index contributed by atoms with van der Waals surface area (Å²) in [6.07, 6.45) is 0. The molecule has 0 fully saturated rings. The molecule has 0 amide bonds. The van der Waals surface area contributed by atoms with Crippen molar-refractivity contribution in [3.05, 3.63) is 93.6 Å². The zero-order chi connectivity index (χ0) is 23.5. The van der Waals surface area contributed by atoms with Crippen molar-refractivity contribution in [1.82, 2.24) is 4.57 Å². The van der Waals surface area contributed by atoms with Crippen molar-refractivity contribution < 1.29 is 23.5 Å². The van der Waals surface area contributed by atoms with Gasteiger partial charge in [-0.15, -0.1) is 0 Å². The van der Waals surface area contributed by atoms with Crippen molar-refractivity contribution in [3.8, 4) is 11.4 Å². The van der Waals surface area contributed by atoms with Crippen LogP contribution in [-0.4, -0.2) is 29.5 Å². The van der Waals surface area contributed by atoms with Crippen molar-refractivity contribution in [3.63, 3.8) is 0 Å². The summed E-state index contributed by atoms with van der Waals surface area (Å²) in [5.41, 5.74) is 3.86. The predicted molar refractivity (Wildman–Crippen MR) is 123 cm³/mol. The van der Waals surface area contributed by atoms with Gasteiger partial charge in [0.15, 0.2) is 13.2 Å². The van der Waals surface area contributed by atoms with Gasteiger partial charge in [-0.1, -0.05) is 18.2 Å². The number of esters is 1. The molecule has 0 aliphatic rings. The van der Waals surface area contributed by atoms with Crippen LogP contribution in [-0.2, 0) is 9.53 Å². The minimum atomic E-state index is -0.675. The molecule has 168 valence electrons. The van der Waals surface area contributed by atoms with Gasteiger partial charge in [0.2, 0.25) is 5.78 Å². The summed E-state index contributed by atoms with van der Waals surface area (Å²) in [6, 6.07) is 17.9. The highest BCUT2D eigenvalue weighted by atomic mass is 16.6. The molecular weight excluding hydrogens is 422 g/mol. The first-order chi connectivity index (χ1) is 15.8. The zero-order valence-electron chi connectivity index (χ0n) is 18.6. The van der Waals surface area contributed by atoms with E-state index in [0.717, 1.165) is 28.0 Å². The van der Waals surface area contributed by atoms with E-state index in [1.54, 1.807) is 24.3 Å². The number of benzene rings is 2. The Kier molecular flexibility index (Phi) is 6.13. The Bertz CT molecular complexity index is 1400. The molecule has 7 heteroatoms. The smallest absolute Gasteiger partial charge is 0.344 e. The summed E-state index contributed by atoms with van der Waals surface area (Å²) in [7, 11) is 0. The number of aromatic nitrogens is 1. The predicted octanol–water partition coefficient (Wildman–Crippen LogP) is 4.31. The molecule has 0 saturated carbocycles. The van der Waals surface area contributed by atoms with Crippen LogP contribution in [0.25, 0.3) is 16.7 Å². The highest BCUT2D eigenvalue weighted by Gasteiger charge is 2.18. The van der Waals surface area contributed by atoms with Gasteiger partial charge in [0.25, 0.3) is 0 Å². The fourth-order valence-corrected chi connectivity index (χ4v) is 3.82. The minimum Gasteiger partial charge on any atom is -0.482 e. The Morgan fingerprint density at radius 2 is 1.70 bits per heavy atom. The number of hydrogen-bond donors (Lipinski definition) is 0. The SMILES string of the molecule is Cc1cc(=O)oc2cc(OCC(=O)OCC(=O)c3cc(C)n(-c4ccccc4)c3C)ccc12. The van der Waals surface area contributed by atoms with Gasteiger partial charge in [0.05, 0.1) is 0 Å². The molecule has 7 nitrogen and oxygen atoms in total. The number of aryl methyl sites for hydroxylation is 2. The second-order valence-corrected chi connectivity index (χ2v) is 7.73. The van der Waals surface area contributed by atoms with E-state index in [-0.39, 0.29) is 19.0 Å². The lowest BCUT2D eigenvalue weighted by molar-refractivity contribution is -0.144. The van der Waals surface area contributed by atoms with Crippen LogP contribution in [0.1, 0.15) is 27.3 Å². The normalized spacial score (nSPS) is 10.9. The summed E-state index contributed by atoms with van der Waals surface area (Å²) in [4.78, 5) is 36.4. The second-order valence-electron chi connectivity index (χ2n) is 7.73. The minimum absolute atomic E-state index is 0.290. The quantitative estimate of drug-likeness (QED) is 0.239. The maximum atomic E-state index is 12.7. The molecule has 2 aromatic heterocycles. The zero-order valence-corrected chi connectivity index (χ0v) is 18.6. The molecule has 0 spiro atoms. The molecular formula is C26H23NO6. The summed E-state index contributed by atoms with van der Waals surface area (Å²) < 4.78 is 17.7. The molecule has 0 saturated heterocycles. The van der Waals surface area contributed by atoms with Crippen LogP contribution in [0.2, 0.25) is 0 Å².